The first kappa shape index (κ1) is 14.5. The van der Waals surface area contributed by atoms with Gasteiger partial charge in [-0.15, -0.1) is 0 Å². The smallest absolute Gasteiger partial charge is 0.0644 e. The molecule has 1 unspecified atom stereocenters. The predicted octanol–water partition coefficient (Wildman–Crippen LogP) is 2.11. The minimum Gasteiger partial charge on any atom is -0.394 e. The Bertz CT molecular complexity index is 414. The average molecular weight is 265 g/mol. The fourth-order valence-corrected chi connectivity index (χ4v) is 2.98. The lowest BCUT2D eigenvalue weighted by molar-refractivity contribution is 0.265. The number of likely N-dealkylation sites (tertiary alicyclic amines) is 1. The van der Waals surface area contributed by atoms with Gasteiger partial charge in [0.2, 0.25) is 0 Å². The van der Waals surface area contributed by atoms with Crippen molar-refractivity contribution in [1.29, 1.82) is 0 Å². The van der Waals surface area contributed by atoms with E-state index >= 15 is 0 Å². The van der Waals surface area contributed by atoms with E-state index < -0.39 is 0 Å². The van der Waals surface area contributed by atoms with Gasteiger partial charge in [-0.1, -0.05) is 6.92 Å². The van der Waals surface area contributed by atoms with Gasteiger partial charge < -0.3 is 5.11 Å². The lowest BCUT2D eigenvalue weighted by Crippen LogP contribution is -2.24. The van der Waals surface area contributed by atoms with Gasteiger partial charge in [-0.25, -0.2) is 0 Å². The third-order valence-electron chi connectivity index (χ3n) is 4.33. The third-order valence-corrected chi connectivity index (χ3v) is 4.33. The molecule has 19 heavy (non-hydrogen) atoms. The summed E-state index contributed by atoms with van der Waals surface area (Å²) in [6.07, 6.45) is 3.98. The largest absolute Gasteiger partial charge is 0.394 e. The van der Waals surface area contributed by atoms with Gasteiger partial charge in [0, 0.05) is 17.8 Å². The van der Waals surface area contributed by atoms with E-state index in [1.165, 1.54) is 43.6 Å². The second kappa shape index (κ2) is 6.53. The molecule has 0 radical (unpaired) electrons. The van der Waals surface area contributed by atoms with E-state index in [1.54, 1.807) is 0 Å². The molecule has 1 fully saturated rings. The summed E-state index contributed by atoms with van der Waals surface area (Å²) in [5, 5.41) is 13.6. The first-order valence-electron chi connectivity index (χ1n) is 7.48. The van der Waals surface area contributed by atoms with Gasteiger partial charge in [0.1, 0.15) is 0 Å². The molecule has 2 heterocycles. The molecule has 4 heteroatoms. The zero-order chi connectivity index (χ0) is 13.8. The Morgan fingerprint density at radius 1 is 1.26 bits per heavy atom. The van der Waals surface area contributed by atoms with Gasteiger partial charge in [-0.3, -0.25) is 9.58 Å². The molecule has 108 valence electrons. The topological polar surface area (TPSA) is 41.3 Å². The molecule has 0 aromatic carbocycles. The molecular formula is C15H27N3O. The van der Waals surface area contributed by atoms with Crippen LogP contribution in [0.4, 0.5) is 0 Å². The minimum absolute atomic E-state index is 0.155. The van der Waals surface area contributed by atoms with Crippen LogP contribution in [0.1, 0.15) is 43.1 Å². The van der Waals surface area contributed by atoms with E-state index in [9.17, 15) is 0 Å². The minimum atomic E-state index is 0.155. The van der Waals surface area contributed by atoms with Gasteiger partial charge in [0.25, 0.3) is 0 Å². The first-order chi connectivity index (χ1) is 9.11. The third kappa shape index (κ3) is 3.57. The molecule has 1 aliphatic heterocycles. The molecule has 0 aliphatic carbocycles. The summed E-state index contributed by atoms with van der Waals surface area (Å²) in [7, 11) is 0. The average Bonchev–Trinajstić information content (AvgIpc) is 2.56. The van der Waals surface area contributed by atoms with Crippen LogP contribution >= 0.6 is 0 Å². The van der Waals surface area contributed by atoms with Crippen molar-refractivity contribution >= 4 is 0 Å². The molecule has 0 amide bonds. The Morgan fingerprint density at radius 3 is 2.79 bits per heavy atom. The molecule has 2 rings (SSSR count). The maximum absolute atomic E-state index is 9.06. The maximum atomic E-state index is 9.06. The normalized spacial score (nSPS) is 21.6. The number of hydrogen-bond donors (Lipinski definition) is 1. The fourth-order valence-electron chi connectivity index (χ4n) is 2.98. The van der Waals surface area contributed by atoms with Crippen molar-refractivity contribution in [2.75, 3.05) is 19.7 Å². The summed E-state index contributed by atoms with van der Waals surface area (Å²) < 4.78 is 1.94. The summed E-state index contributed by atoms with van der Waals surface area (Å²) in [6, 6.07) is 0. The highest BCUT2D eigenvalue weighted by molar-refractivity contribution is 5.24. The van der Waals surface area contributed by atoms with E-state index in [4.69, 9.17) is 5.11 Å². The van der Waals surface area contributed by atoms with Gasteiger partial charge in [0.15, 0.2) is 0 Å². The van der Waals surface area contributed by atoms with Crippen LogP contribution in [0, 0.1) is 19.8 Å². The van der Waals surface area contributed by atoms with Gasteiger partial charge >= 0.3 is 0 Å². The summed E-state index contributed by atoms with van der Waals surface area (Å²) in [5.74, 6) is 0.865. The van der Waals surface area contributed by atoms with Crippen molar-refractivity contribution in [1.82, 2.24) is 14.7 Å². The molecule has 0 saturated carbocycles. The monoisotopic (exact) mass is 265 g/mol. The molecule has 1 aromatic heterocycles. The molecular weight excluding hydrogens is 238 g/mol. The Morgan fingerprint density at radius 2 is 2.05 bits per heavy atom. The lowest BCUT2D eigenvalue weighted by atomic mass is 10.0. The Hall–Kier alpha value is -0.870. The molecule has 1 aromatic rings. The first-order valence-corrected chi connectivity index (χ1v) is 7.48. The zero-order valence-corrected chi connectivity index (χ0v) is 12.5. The number of aromatic nitrogens is 2. The molecule has 1 atom stereocenters. The molecule has 1 N–H and O–H groups in total. The number of rotatable bonds is 4. The number of hydrogen-bond acceptors (Lipinski definition) is 3. The lowest BCUT2D eigenvalue weighted by Gasteiger charge is -2.20. The van der Waals surface area contributed by atoms with E-state index in [-0.39, 0.29) is 6.61 Å². The van der Waals surface area contributed by atoms with Crippen LogP contribution in [0.3, 0.4) is 0 Å². The van der Waals surface area contributed by atoms with Crippen LogP contribution < -0.4 is 0 Å². The Kier molecular flexibility index (Phi) is 4.99. The van der Waals surface area contributed by atoms with Crippen LogP contribution in [0.25, 0.3) is 0 Å². The second-order valence-electron chi connectivity index (χ2n) is 5.91. The van der Waals surface area contributed by atoms with Crippen LogP contribution in [-0.4, -0.2) is 39.5 Å². The molecule has 1 saturated heterocycles. The fraction of sp³-hybridized carbons (Fsp3) is 0.800. The van der Waals surface area contributed by atoms with Crippen LogP contribution in [-0.2, 0) is 13.1 Å². The quantitative estimate of drug-likeness (QED) is 0.906. The summed E-state index contributed by atoms with van der Waals surface area (Å²) in [6.45, 7) is 10.7. The number of nitrogens with zero attached hydrogens (tertiary/aromatic N) is 3. The van der Waals surface area contributed by atoms with Crippen molar-refractivity contribution in [2.24, 2.45) is 5.92 Å². The van der Waals surface area contributed by atoms with E-state index in [0.29, 0.717) is 6.54 Å². The number of aliphatic hydroxyl groups excluding tert-OH is 1. The van der Waals surface area contributed by atoms with Gasteiger partial charge in [0.05, 0.1) is 18.8 Å². The van der Waals surface area contributed by atoms with Crippen LogP contribution in [0.5, 0.6) is 0 Å². The standard InChI is InChI=1S/C15H27N3O/c1-12-5-4-7-17(8-6-12)11-15-13(2)16-18(9-10-19)14(15)3/h12,19H,4-11H2,1-3H3. The molecule has 4 nitrogen and oxygen atoms in total. The van der Waals surface area contributed by atoms with Crippen LogP contribution in [0.2, 0.25) is 0 Å². The summed E-state index contributed by atoms with van der Waals surface area (Å²) in [5.41, 5.74) is 3.68. The molecule has 1 aliphatic rings. The highest BCUT2D eigenvalue weighted by Gasteiger charge is 2.18. The summed E-state index contributed by atoms with van der Waals surface area (Å²) >= 11 is 0. The molecule has 0 spiro atoms. The van der Waals surface area contributed by atoms with Crippen LogP contribution in [0.15, 0.2) is 0 Å². The van der Waals surface area contributed by atoms with Crippen molar-refractivity contribution < 1.29 is 5.11 Å². The van der Waals surface area contributed by atoms with Crippen molar-refractivity contribution in [3.63, 3.8) is 0 Å². The number of aliphatic hydroxyl groups is 1. The van der Waals surface area contributed by atoms with E-state index in [1.807, 2.05) is 4.68 Å². The van der Waals surface area contributed by atoms with Gasteiger partial charge in [-0.05, 0) is 52.1 Å². The van der Waals surface area contributed by atoms with Gasteiger partial charge in [-0.2, -0.15) is 5.10 Å². The Labute approximate surface area is 116 Å². The maximum Gasteiger partial charge on any atom is 0.0644 e. The van der Waals surface area contributed by atoms with Crippen molar-refractivity contribution in [2.45, 2.75) is 53.1 Å². The number of aryl methyl sites for hydroxylation is 1. The van der Waals surface area contributed by atoms with E-state index in [2.05, 4.69) is 30.8 Å². The Balaban J connectivity index is 2.05. The highest BCUT2D eigenvalue weighted by atomic mass is 16.3. The highest BCUT2D eigenvalue weighted by Crippen LogP contribution is 2.21. The predicted molar refractivity (Wildman–Crippen MR) is 77.1 cm³/mol. The SMILES string of the molecule is Cc1nn(CCO)c(C)c1CN1CCCC(C)CC1. The zero-order valence-electron chi connectivity index (χ0n) is 12.5. The van der Waals surface area contributed by atoms with E-state index in [0.717, 1.165) is 18.2 Å². The summed E-state index contributed by atoms with van der Waals surface area (Å²) in [4.78, 5) is 2.56. The second-order valence-corrected chi connectivity index (χ2v) is 5.91. The van der Waals surface area contributed by atoms with Crippen molar-refractivity contribution in [3.05, 3.63) is 17.0 Å². The van der Waals surface area contributed by atoms with Crippen molar-refractivity contribution in [3.8, 4) is 0 Å². The molecule has 0 bridgehead atoms.